The Hall–Kier alpha value is -1.84. The van der Waals surface area contributed by atoms with Gasteiger partial charge < -0.3 is 10.4 Å². The summed E-state index contributed by atoms with van der Waals surface area (Å²) in [5, 5.41) is 11.9. The molecule has 0 aliphatic heterocycles. The standard InChI is InChI=1S/C17H21NO3/c1-16(2,15(20)21)10-18-14(19)13-9-17(13)8-7-11-5-3-4-6-12(11)17/h3-6,13H,7-10H2,1-2H3,(H,18,19)(H,20,21). The van der Waals surface area contributed by atoms with Crippen LogP contribution in [0.25, 0.3) is 0 Å². The number of carbonyl (C=O) groups is 2. The second kappa shape index (κ2) is 4.58. The molecule has 3 rings (SSSR count). The first-order valence-corrected chi connectivity index (χ1v) is 7.46. The van der Waals surface area contributed by atoms with Crippen molar-refractivity contribution in [1.82, 2.24) is 5.32 Å². The monoisotopic (exact) mass is 287 g/mol. The molecule has 0 bridgehead atoms. The maximum absolute atomic E-state index is 12.3. The van der Waals surface area contributed by atoms with Gasteiger partial charge in [0.2, 0.25) is 5.91 Å². The van der Waals surface area contributed by atoms with E-state index in [1.165, 1.54) is 11.1 Å². The maximum atomic E-state index is 12.3. The number of benzene rings is 1. The van der Waals surface area contributed by atoms with E-state index in [0.717, 1.165) is 19.3 Å². The molecule has 21 heavy (non-hydrogen) atoms. The molecule has 0 heterocycles. The largest absolute Gasteiger partial charge is 0.481 e. The van der Waals surface area contributed by atoms with Crippen LogP contribution in [0.1, 0.15) is 37.8 Å². The molecule has 2 N–H and O–H groups in total. The van der Waals surface area contributed by atoms with Crippen LogP contribution in [0.4, 0.5) is 0 Å². The van der Waals surface area contributed by atoms with Gasteiger partial charge >= 0.3 is 5.97 Å². The summed E-state index contributed by atoms with van der Waals surface area (Å²) in [7, 11) is 0. The highest BCUT2D eigenvalue weighted by Gasteiger charge is 2.61. The lowest BCUT2D eigenvalue weighted by molar-refractivity contribution is -0.146. The van der Waals surface area contributed by atoms with Crippen LogP contribution < -0.4 is 5.32 Å². The van der Waals surface area contributed by atoms with Crippen LogP contribution in [-0.4, -0.2) is 23.5 Å². The van der Waals surface area contributed by atoms with Crippen molar-refractivity contribution in [2.45, 2.75) is 38.5 Å². The van der Waals surface area contributed by atoms with Gasteiger partial charge in [0, 0.05) is 17.9 Å². The highest BCUT2D eigenvalue weighted by molar-refractivity contribution is 5.85. The zero-order valence-corrected chi connectivity index (χ0v) is 12.5. The number of amides is 1. The van der Waals surface area contributed by atoms with Crippen LogP contribution >= 0.6 is 0 Å². The van der Waals surface area contributed by atoms with Crippen molar-refractivity contribution in [2.75, 3.05) is 6.54 Å². The minimum absolute atomic E-state index is 0.000952. The van der Waals surface area contributed by atoms with E-state index in [0.29, 0.717) is 0 Å². The van der Waals surface area contributed by atoms with E-state index in [1.807, 2.05) is 12.1 Å². The van der Waals surface area contributed by atoms with Crippen molar-refractivity contribution >= 4 is 11.9 Å². The summed E-state index contributed by atoms with van der Waals surface area (Å²) in [6.45, 7) is 3.43. The molecular weight excluding hydrogens is 266 g/mol. The van der Waals surface area contributed by atoms with Gasteiger partial charge in [0.1, 0.15) is 0 Å². The molecule has 0 aromatic heterocycles. The number of hydrogen-bond acceptors (Lipinski definition) is 2. The van der Waals surface area contributed by atoms with Crippen molar-refractivity contribution in [3.8, 4) is 0 Å². The Kier molecular flexibility index (Phi) is 3.08. The second-order valence-electron chi connectivity index (χ2n) is 6.98. The Morgan fingerprint density at radius 2 is 2.10 bits per heavy atom. The number of rotatable bonds is 4. The summed E-state index contributed by atoms with van der Waals surface area (Å²) in [6, 6.07) is 8.36. The highest BCUT2D eigenvalue weighted by atomic mass is 16.4. The lowest BCUT2D eigenvalue weighted by atomic mass is 9.93. The zero-order chi connectivity index (χ0) is 15.3. The third-order valence-corrected chi connectivity index (χ3v) is 5.07. The van der Waals surface area contributed by atoms with Gasteiger partial charge in [0.15, 0.2) is 0 Å². The van der Waals surface area contributed by atoms with Gasteiger partial charge in [0.25, 0.3) is 0 Å². The Morgan fingerprint density at radius 3 is 2.81 bits per heavy atom. The lowest BCUT2D eigenvalue weighted by Crippen LogP contribution is -2.40. The quantitative estimate of drug-likeness (QED) is 0.891. The molecule has 4 heteroatoms. The molecule has 2 aliphatic carbocycles. The van der Waals surface area contributed by atoms with Crippen LogP contribution in [-0.2, 0) is 21.4 Å². The van der Waals surface area contributed by atoms with E-state index in [9.17, 15) is 9.59 Å². The van der Waals surface area contributed by atoms with Gasteiger partial charge in [-0.15, -0.1) is 0 Å². The lowest BCUT2D eigenvalue weighted by Gasteiger charge is -2.20. The van der Waals surface area contributed by atoms with E-state index in [2.05, 4.69) is 17.4 Å². The van der Waals surface area contributed by atoms with Gasteiger partial charge in [-0.1, -0.05) is 24.3 Å². The number of carboxylic acid groups (broad SMARTS) is 1. The van der Waals surface area contributed by atoms with E-state index < -0.39 is 11.4 Å². The van der Waals surface area contributed by atoms with Gasteiger partial charge in [-0.25, -0.2) is 0 Å². The van der Waals surface area contributed by atoms with Crippen molar-refractivity contribution in [3.05, 3.63) is 35.4 Å². The molecule has 0 saturated heterocycles. The number of carbonyl (C=O) groups excluding carboxylic acids is 1. The Balaban J connectivity index is 1.66. The molecule has 112 valence electrons. The zero-order valence-electron chi connectivity index (χ0n) is 12.5. The van der Waals surface area contributed by atoms with Gasteiger partial charge in [0.05, 0.1) is 5.41 Å². The molecule has 1 spiro atoms. The van der Waals surface area contributed by atoms with Crippen molar-refractivity contribution in [1.29, 1.82) is 0 Å². The predicted octanol–water partition coefficient (Wildman–Crippen LogP) is 2.12. The minimum Gasteiger partial charge on any atom is -0.481 e. The van der Waals surface area contributed by atoms with E-state index in [4.69, 9.17) is 5.11 Å². The Morgan fingerprint density at radius 1 is 1.38 bits per heavy atom. The summed E-state index contributed by atoms with van der Waals surface area (Å²) in [5.74, 6) is -0.883. The Labute approximate surface area is 124 Å². The molecular formula is C17H21NO3. The molecule has 2 aliphatic rings. The Bertz CT molecular complexity index is 608. The predicted molar refractivity (Wildman–Crippen MR) is 79.0 cm³/mol. The summed E-state index contributed by atoms with van der Waals surface area (Å²) in [4.78, 5) is 23.4. The first kappa shape index (κ1) is 14.1. The normalized spacial score (nSPS) is 26.5. The summed E-state index contributed by atoms with van der Waals surface area (Å²) < 4.78 is 0. The number of aryl methyl sites for hydroxylation is 1. The molecule has 2 atom stereocenters. The topological polar surface area (TPSA) is 66.4 Å². The van der Waals surface area contributed by atoms with Crippen molar-refractivity contribution in [3.63, 3.8) is 0 Å². The van der Waals surface area contributed by atoms with Crippen LogP contribution in [0.3, 0.4) is 0 Å². The molecule has 0 radical (unpaired) electrons. The van der Waals surface area contributed by atoms with Crippen LogP contribution in [0.5, 0.6) is 0 Å². The fourth-order valence-electron chi connectivity index (χ4n) is 3.45. The fourth-order valence-corrected chi connectivity index (χ4v) is 3.45. The van der Waals surface area contributed by atoms with Crippen LogP contribution in [0.2, 0.25) is 0 Å². The molecule has 1 aromatic carbocycles. The summed E-state index contributed by atoms with van der Waals surface area (Å²) >= 11 is 0. The first-order chi connectivity index (χ1) is 9.87. The number of carboxylic acids is 1. The minimum atomic E-state index is -0.925. The van der Waals surface area contributed by atoms with Gasteiger partial charge in [-0.3, -0.25) is 9.59 Å². The van der Waals surface area contributed by atoms with Gasteiger partial charge in [-0.2, -0.15) is 0 Å². The van der Waals surface area contributed by atoms with E-state index in [1.54, 1.807) is 13.8 Å². The third-order valence-electron chi connectivity index (χ3n) is 5.07. The molecule has 1 aromatic rings. The van der Waals surface area contributed by atoms with Crippen molar-refractivity contribution in [2.24, 2.45) is 11.3 Å². The SMILES string of the molecule is CC(C)(CNC(=O)C1CC12CCc1ccccc12)C(=O)O. The molecule has 2 unspecified atom stereocenters. The average molecular weight is 287 g/mol. The molecule has 1 saturated carbocycles. The van der Waals surface area contributed by atoms with Gasteiger partial charge in [-0.05, 0) is 44.2 Å². The number of fused-ring (bicyclic) bond motifs is 2. The average Bonchev–Trinajstić information content (AvgIpc) is 3.07. The number of aliphatic carboxylic acids is 1. The summed E-state index contributed by atoms with van der Waals surface area (Å²) in [5.41, 5.74) is 1.78. The number of hydrogen-bond donors (Lipinski definition) is 2. The van der Waals surface area contributed by atoms with Crippen LogP contribution in [0, 0.1) is 11.3 Å². The molecule has 4 nitrogen and oxygen atoms in total. The number of nitrogens with one attached hydrogen (secondary N) is 1. The van der Waals surface area contributed by atoms with E-state index >= 15 is 0 Å². The molecule has 1 fully saturated rings. The van der Waals surface area contributed by atoms with Crippen molar-refractivity contribution < 1.29 is 14.7 Å². The maximum Gasteiger partial charge on any atom is 0.310 e. The van der Waals surface area contributed by atoms with E-state index in [-0.39, 0.29) is 23.8 Å². The third kappa shape index (κ3) is 2.23. The van der Waals surface area contributed by atoms with Crippen LogP contribution in [0.15, 0.2) is 24.3 Å². The smallest absolute Gasteiger partial charge is 0.310 e. The summed E-state index contributed by atoms with van der Waals surface area (Å²) in [6.07, 6.45) is 2.97. The molecule has 1 amide bonds. The fraction of sp³-hybridized carbons (Fsp3) is 0.529. The second-order valence-corrected chi connectivity index (χ2v) is 6.98. The first-order valence-electron chi connectivity index (χ1n) is 7.46. The highest BCUT2D eigenvalue weighted by Crippen LogP contribution is 2.61.